The quantitative estimate of drug-likeness (QED) is 0.856. The highest BCUT2D eigenvalue weighted by Crippen LogP contribution is 2.18. The number of hydrogen-bond donors (Lipinski definition) is 1. The SMILES string of the molecule is COCc1cccc(C2=NOC(C(=O)O)C2)c1. The fourth-order valence-electron chi connectivity index (χ4n) is 1.69. The van der Waals surface area contributed by atoms with Gasteiger partial charge in [0.1, 0.15) is 0 Å². The molecule has 0 aliphatic carbocycles. The number of rotatable bonds is 4. The molecule has 17 heavy (non-hydrogen) atoms. The largest absolute Gasteiger partial charge is 0.478 e. The van der Waals surface area contributed by atoms with Crippen LogP contribution in [0.3, 0.4) is 0 Å². The number of aliphatic carboxylic acids is 1. The minimum absolute atomic E-state index is 0.297. The molecule has 90 valence electrons. The number of nitrogens with zero attached hydrogens (tertiary/aromatic N) is 1. The van der Waals surface area contributed by atoms with Gasteiger partial charge >= 0.3 is 5.97 Å². The highest BCUT2D eigenvalue weighted by molar-refractivity contribution is 6.03. The number of ether oxygens (including phenoxy) is 1. The highest BCUT2D eigenvalue weighted by Gasteiger charge is 2.28. The van der Waals surface area contributed by atoms with Crippen molar-refractivity contribution < 1.29 is 19.5 Å². The van der Waals surface area contributed by atoms with Crippen molar-refractivity contribution in [3.63, 3.8) is 0 Å². The smallest absolute Gasteiger partial charge is 0.348 e. The second-order valence-corrected chi connectivity index (χ2v) is 3.81. The molecule has 1 aromatic carbocycles. The first-order chi connectivity index (χ1) is 8.20. The van der Waals surface area contributed by atoms with E-state index in [1.807, 2.05) is 24.3 Å². The predicted octanol–water partition coefficient (Wildman–Crippen LogP) is 1.41. The van der Waals surface area contributed by atoms with Crippen LogP contribution < -0.4 is 0 Å². The van der Waals surface area contributed by atoms with E-state index >= 15 is 0 Å². The Hall–Kier alpha value is -1.88. The van der Waals surface area contributed by atoms with Crippen molar-refractivity contribution in [1.29, 1.82) is 0 Å². The van der Waals surface area contributed by atoms with Gasteiger partial charge in [-0.15, -0.1) is 0 Å². The number of methoxy groups -OCH3 is 1. The molecule has 5 heteroatoms. The van der Waals surface area contributed by atoms with E-state index in [1.54, 1.807) is 7.11 Å². The molecule has 0 fully saturated rings. The first-order valence-electron chi connectivity index (χ1n) is 5.24. The van der Waals surface area contributed by atoms with Crippen LogP contribution >= 0.6 is 0 Å². The van der Waals surface area contributed by atoms with E-state index in [0.717, 1.165) is 11.1 Å². The molecule has 1 aliphatic heterocycles. The van der Waals surface area contributed by atoms with Gasteiger partial charge in [0, 0.05) is 13.5 Å². The van der Waals surface area contributed by atoms with Crippen LogP contribution in [-0.4, -0.2) is 30.0 Å². The molecule has 1 unspecified atom stereocenters. The molecule has 1 aliphatic rings. The monoisotopic (exact) mass is 235 g/mol. The molecule has 1 atom stereocenters. The van der Waals surface area contributed by atoms with Gasteiger partial charge in [0.25, 0.3) is 0 Å². The lowest BCUT2D eigenvalue weighted by atomic mass is 10.0. The number of carbonyl (C=O) groups is 1. The third-order valence-corrected chi connectivity index (χ3v) is 2.52. The molecule has 5 nitrogen and oxygen atoms in total. The van der Waals surface area contributed by atoms with Crippen molar-refractivity contribution in [2.75, 3.05) is 7.11 Å². The van der Waals surface area contributed by atoms with Crippen molar-refractivity contribution in [2.45, 2.75) is 19.1 Å². The maximum absolute atomic E-state index is 10.7. The lowest BCUT2D eigenvalue weighted by Crippen LogP contribution is -2.19. The Kier molecular flexibility index (Phi) is 3.39. The number of benzene rings is 1. The zero-order valence-electron chi connectivity index (χ0n) is 9.42. The van der Waals surface area contributed by atoms with Crippen molar-refractivity contribution in [2.24, 2.45) is 5.16 Å². The van der Waals surface area contributed by atoms with Crippen molar-refractivity contribution >= 4 is 11.7 Å². The maximum Gasteiger partial charge on any atom is 0.348 e. The summed E-state index contributed by atoms with van der Waals surface area (Å²) in [5.74, 6) is -0.989. The lowest BCUT2D eigenvalue weighted by molar-refractivity contribution is -0.148. The van der Waals surface area contributed by atoms with Crippen molar-refractivity contribution in [3.8, 4) is 0 Å². The molecule has 0 saturated carbocycles. The molecule has 0 spiro atoms. The number of carboxylic acid groups (broad SMARTS) is 1. The summed E-state index contributed by atoms with van der Waals surface area (Å²) in [5, 5.41) is 12.6. The molecular formula is C12H13NO4. The fraction of sp³-hybridized carbons (Fsp3) is 0.333. The summed E-state index contributed by atoms with van der Waals surface area (Å²) in [4.78, 5) is 15.6. The van der Waals surface area contributed by atoms with Crippen LogP contribution in [0.15, 0.2) is 29.4 Å². The molecule has 0 bridgehead atoms. The topological polar surface area (TPSA) is 68.1 Å². The van der Waals surface area contributed by atoms with Gasteiger partial charge in [-0.3, -0.25) is 0 Å². The van der Waals surface area contributed by atoms with Crippen LogP contribution in [0.4, 0.5) is 0 Å². The Bertz CT molecular complexity index is 456. The summed E-state index contributed by atoms with van der Waals surface area (Å²) in [6.07, 6.45) is -0.567. The summed E-state index contributed by atoms with van der Waals surface area (Å²) in [7, 11) is 1.63. The number of hydrogen-bond acceptors (Lipinski definition) is 4. The van der Waals surface area contributed by atoms with Crippen LogP contribution in [0.1, 0.15) is 17.5 Å². The second-order valence-electron chi connectivity index (χ2n) is 3.81. The summed E-state index contributed by atoms with van der Waals surface area (Å²) >= 11 is 0. The highest BCUT2D eigenvalue weighted by atomic mass is 16.7. The third kappa shape index (κ3) is 2.62. The molecule has 0 saturated heterocycles. The van der Waals surface area contributed by atoms with E-state index in [9.17, 15) is 4.79 Å². The zero-order chi connectivity index (χ0) is 12.3. The minimum atomic E-state index is -0.989. The fourth-order valence-corrected chi connectivity index (χ4v) is 1.69. The van der Waals surface area contributed by atoms with Gasteiger partial charge in [0.05, 0.1) is 12.3 Å². The van der Waals surface area contributed by atoms with Gasteiger partial charge in [-0.25, -0.2) is 4.79 Å². The van der Waals surface area contributed by atoms with Crippen molar-refractivity contribution in [1.82, 2.24) is 0 Å². The molecule has 0 radical (unpaired) electrons. The summed E-state index contributed by atoms with van der Waals surface area (Å²) < 4.78 is 5.04. The first-order valence-corrected chi connectivity index (χ1v) is 5.24. The molecule has 1 aromatic rings. The van der Waals surface area contributed by atoms with Gasteiger partial charge < -0.3 is 14.7 Å². The summed E-state index contributed by atoms with van der Waals surface area (Å²) in [5.41, 5.74) is 2.56. The summed E-state index contributed by atoms with van der Waals surface area (Å²) in [6.45, 7) is 0.518. The Morgan fingerprint density at radius 2 is 2.47 bits per heavy atom. The zero-order valence-corrected chi connectivity index (χ0v) is 9.42. The Labute approximate surface area is 98.6 Å². The van der Waals surface area contributed by atoms with Gasteiger partial charge in [-0.2, -0.15) is 0 Å². The van der Waals surface area contributed by atoms with E-state index in [2.05, 4.69) is 5.16 Å². The minimum Gasteiger partial charge on any atom is -0.478 e. The van der Waals surface area contributed by atoms with Crippen LogP contribution in [-0.2, 0) is 21.0 Å². The molecule has 0 aromatic heterocycles. The number of oxime groups is 1. The van der Waals surface area contributed by atoms with Crippen molar-refractivity contribution in [3.05, 3.63) is 35.4 Å². The normalized spacial score (nSPS) is 18.6. The van der Waals surface area contributed by atoms with E-state index < -0.39 is 12.1 Å². The van der Waals surface area contributed by atoms with Crippen LogP contribution in [0.2, 0.25) is 0 Å². The van der Waals surface area contributed by atoms with E-state index in [-0.39, 0.29) is 0 Å². The van der Waals surface area contributed by atoms with Gasteiger partial charge in [-0.05, 0) is 17.2 Å². The van der Waals surface area contributed by atoms with Crippen LogP contribution in [0.5, 0.6) is 0 Å². The Balaban J connectivity index is 2.13. The Morgan fingerprint density at radius 3 is 3.12 bits per heavy atom. The first kappa shape index (κ1) is 11.6. The van der Waals surface area contributed by atoms with Gasteiger partial charge in [-0.1, -0.05) is 23.4 Å². The summed E-state index contributed by atoms with van der Waals surface area (Å²) in [6, 6.07) is 7.64. The molecule has 1 heterocycles. The molecule has 2 rings (SSSR count). The average Bonchev–Trinajstić information content (AvgIpc) is 2.79. The predicted molar refractivity (Wildman–Crippen MR) is 60.8 cm³/mol. The lowest BCUT2D eigenvalue weighted by Gasteiger charge is -2.03. The van der Waals surface area contributed by atoms with Crippen LogP contribution in [0.25, 0.3) is 0 Å². The standard InChI is InChI=1S/C12H13NO4/c1-16-7-8-3-2-4-9(5-8)10-6-11(12(14)15)17-13-10/h2-5,11H,6-7H2,1H3,(H,14,15). The van der Waals surface area contributed by atoms with Gasteiger partial charge in [0.2, 0.25) is 6.10 Å². The second kappa shape index (κ2) is 4.97. The molecular weight excluding hydrogens is 222 g/mol. The molecule has 0 amide bonds. The van der Waals surface area contributed by atoms with Crippen LogP contribution in [0, 0.1) is 0 Å². The van der Waals surface area contributed by atoms with E-state index in [0.29, 0.717) is 18.7 Å². The molecule has 1 N–H and O–H groups in total. The maximum atomic E-state index is 10.7. The Morgan fingerprint density at radius 1 is 1.65 bits per heavy atom. The average molecular weight is 235 g/mol. The van der Waals surface area contributed by atoms with E-state index in [4.69, 9.17) is 14.7 Å². The number of carboxylic acids is 1. The third-order valence-electron chi connectivity index (χ3n) is 2.52. The van der Waals surface area contributed by atoms with E-state index in [1.165, 1.54) is 0 Å². The van der Waals surface area contributed by atoms with Gasteiger partial charge in [0.15, 0.2) is 0 Å².